The Morgan fingerprint density at radius 1 is 0.855 bits per heavy atom. The van der Waals surface area contributed by atoms with Crippen molar-refractivity contribution in [2.24, 2.45) is 11.8 Å². The van der Waals surface area contributed by atoms with Gasteiger partial charge in [0.15, 0.2) is 0 Å². The van der Waals surface area contributed by atoms with Crippen LogP contribution in [-0.2, 0) is 30.4 Å². The second-order valence-corrected chi connectivity index (χ2v) is 18.3. The van der Waals surface area contributed by atoms with E-state index in [0.29, 0.717) is 44.1 Å². The molecule has 0 radical (unpaired) electrons. The van der Waals surface area contributed by atoms with Gasteiger partial charge in [-0.3, -0.25) is 9.59 Å². The minimum Gasteiger partial charge on any atom is -0.488 e. The van der Waals surface area contributed by atoms with Crippen molar-refractivity contribution in [3.8, 4) is 28.0 Å². The first-order valence-electron chi connectivity index (χ1n) is 23.4. The minimum atomic E-state index is -1.06. The van der Waals surface area contributed by atoms with Crippen LogP contribution in [0.2, 0.25) is 0 Å². The van der Waals surface area contributed by atoms with Crippen LogP contribution in [0.3, 0.4) is 0 Å². The van der Waals surface area contributed by atoms with Crippen LogP contribution in [-0.4, -0.2) is 107 Å². The number of aromatic nitrogens is 4. The van der Waals surface area contributed by atoms with Gasteiger partial charge in [-0.1, -0.05) is 69.0 Å². The normalized spacial score (nSPS) is 18.7. The highest BCUT2D eigenvalue weighted by Gasteiger charge is 2.42. The summed E-state index contributed by atoms with van der Waals surface area (Å²) in [4.78, 5) is 73.4. The lowest BCUT2D eigenvalue weighted by atomic mass is 9.91. The number of benzene rings is 4. The summed E-state index contributed by atoms with van der Waals surface area (Å²) in [5.41, 5.74) is 8.87. The molecule has 0 bridgehead atoms. The third-order valence-corrected chi connectivity index (χ3v) is 13.5. The third-order valence-electron chi connectivity index (χ3n) is 13.5. The number of rotatable bonds is 13. The Hall–Kier alpha value is -7.46. The SMILES string of the molecule is C=C(/C=C\C=C/C)[C@@H](NC(=O)OC)C(=O)N1C[C@@H](COC)C[C@H]1c1nc2ccc3cc4c(cc3c2[nH]1)OCc1cc(-c2ccc3nc([C@@H]5CCCN5C(=O)[C@@H](NC(=O)OC)C(C)C)[nH]c3c2)ccc1-4. The van der Waals surface area contributed by atoms with Crippen LogP contribution in [0.15, 0.2) is 97.1 Å². The van der Waals surface area contributed by atoms with Gasteiger partial charge in [-0.25, -0.2) is 19.6 Å². The maximum atomic E-state index is 14.4. The Balaban J connectivity index is 0.973. The van der Waals surface area contributed by atoms with E-state index in [1.54, 1.807) is 24.2 Å². The predicted octanol–water partition coefficient (Wildman–Crippen LogP) is 8.81. The first-order valence-corrected chi connectivity index (χ1v) is 23.4. The summed E-state index contributed by atoms with van der Waals surface area (Å²) < 4.78 is 21.7. The molecule has 2 aromatic heterocycles. The number of aromatic amines is 2. The molecule has 5 atom stereocenters. The number of nitrogens with zero attached hydrogens (tertiary/aromatic N) is 4. The molecule has 2 fully saturated rings. The van der Waals surface area contributed by atoms with Gasteiger partial charge < -0.3 is 49.3 Å². The summed E-state index contributed by atoms with van der Waals surface area (Å²) in [6.07, 6.45) is 8.00. The van der Waals surface area contributed by atoms with Gasteiger partial charge in [0.2, 0.25) is 5.91 Å². The molecule has 3 aliphatic heterocycles. The van der Waals surface area contributed by atoms with Gasteiger partial charge >= 0.3 is 12.2 Å². The number of nitrogens with one attached hydrogen (secondary N) is 4. The van der Waals surface area contributed by atoms with Gasteiger partial charge in [0.05, 0.1) is 55.0 Å². The molecule has 69 heavy (non-hydrogen) atoms. The molecule has 16 heteroatoms. The average molecular weight is 935 g/mol. The fourth-order valence-electron chi connectivity index (χ4n) is 10.0. The number of imidazole rings is 2. The van der Waals surface area contributed by atoms with Crippen LogP contribution in [0.5, 0.6) is 5.75 Å². The monoisotopic (exact) mass is 934 g/mol. The van der Waals surface area contributed by atoms with Crippen LogP contribution >= 0.6 is 0 Å². The number of amides is 4. The fraction of sp³-hybridized carbons (Fsp3) is 0.358. The van der Waals surface area contributed by atoms with E-state index in [2.05, 4.69) is 75.7 Å². The second-order valence-electron chi connectivity index (χ2n) is 18.3. The maximum absolute atomic E-state index is 14.4. The Morgan fingerprint density at radius 3 is 2.36 bits per heavy atom. The molecule has 9 rings (SSSR count). The lowest BCUT2D eigenvalue weighted by Crippen LogP contribution is -2.51. The van der Waals surface area contributed by atoms with Gasteiger partial charge in [-0.15, -0.1) is 0 Å². The molecule has 0 aliphatic carbocycles. The summed E-state index contributed by atoms with van der Waals surface area (Å²) in [7, 11) is 4.20. The number of likely N-dealkylation sites (tertiary alicyclic amines) is 2. The lowest BCUT2D eigenvalue weighted by molar-refractivity contribution is -0.135. The van der Waals surface area contributed by atoms with Gasteiger partial charge in [0.25, 0.3) is 5.91 Å². The number of alkyl carbamates (subject to hydrolysis) is 2. The van der Waals surface area contributed by atoms with E-state index in [0.717, 1.165) is 85.1 Å². The zero-order valence-electron chi connectivity index (χ0n) is 39.8. The largest absolute Gasteiger partial charge is 0.488 e. The van der Waals surface area contributed by atoms with E-state index in [-0.39, 0.29) is 29.7 Å². The molecule has 4 N–H and O–H groups in total. The number of ether oxygens (including phenoxy) is 4. The van der Waals surface area contributed by atoms with E-state index in [9.17, 15) is 19.2 Å². The average Bonchev–Trinajstić information content (AvgIpc) is 4.19. The van der Waals surface area contributed by atoms with E-state index >= 15 is 0 Å². The molecule has 4 aromatic carbocycles. The highest BCUT2D eigenvalue weighted by atomic mass is 16.5. The third kappa shape index (κ3) is 9.15. The number of H-pyrrole nitrogens is 2. The van der Waals surface area contributed by atoms with Crippen LogP contribution in [0.25, 0.3) is 55.1 Å². The lowest BCUT2D eigenvalue weighted by Gasteiger charge is -2.29. The summed E-state index contributed by atoms with van der Waals surface area (Å²) >= 11 is 0. The molecule has 6 aromatic rings. The van der Waals surface area contributed by atoms with E-state index in [4.69, 9.17) is 28.9 Å². The smallest absolute Gasteiger partial charge is 0.407 e. The van der Waals surface area contributed by atoms with Crippen molar-refractivity contribution < 1.29 is 38.1 Å². The fourth-order valence-corrected chi connectivity index (χ4v) is 10.0. The first kappa shape index (κ1) is 46.6. The summed E-state index contributed by atoms with van der Waals surface area (Å²) in [5.74, 6) is 1.57. The summed E-state index contributed by atoms with van der Waals surface area (Å²) in [6.45, 7) is 11.6. The number of fused-ring (bicyclic) bond motifs is 7. The summed E-state index contributed by atoms with van der Waals surface area (Å²) in [6, 6.07) is 18.5. The Kier molecular flexibility index (Phi) is 13.3. The first-order chi connectivity index (χ1) is 33.4. The van der Waals surface area contributed by atoms with Crippen LogP contribution < -0.4 is 15.4 Å². The number of hydrogen-bond donors (Lipinski definition) is 4. The Bertz CT molecular complexity index is 3040. The van der Waals surface area contributed by atoms with Crippen molar-refractivity contribution in [3.63, 3.8) is 0 Å². The molecule has 0 saturated carbocycles. The molecule has 5 heterocycles. The van der Waals surface area contributed by atoms with Crippen molar-refractivity contribution >= 4 is 56.8 Å². The highest BCUT2D eigenvalue weighted by molar-refractivity contribution is 6.07. The molecule has 2 saturated heterocycles. The molecule has 0 spiro atoms. The van der Waals surface area contributed by atoms with E-state index < -0.39 is 30.3 Å². The van der Waals surface area contributed by atoms with Crippen molar-refractivity contribution in [1.29, 1.82) is 0 Å². The standard InChI is InChI=1S/C53H58N8O8/c1-8-9-10-12-30(4)46(59-53(65)68-7)51(63)61-26-31(27-66-5)21-43(61)49-55-40-19-16-34-23-38-36-17-14-32(22-35(36)28-69-44(38)25-37(34)47(40)57-49)33-15-18-39-41(24-33)56-48(54-39)42-13-11-20-60(42)50(62)45(29(2)3)58-52(64)67-6/h8-10,12,14-19,22-25,29,31,42-43,45-46H,4,11,13,20-21,26-28H2,1-3,5-7H3,(H,54,56)(H,55,57)(H,58,64)(H,59,65)/b9-8-,12-10-/t31-,42-,43-,45-,46+/m0/s1. The topological polar surface area (TPSA) is 193 Å². The molecule has 4 amide bonds. The summed E-state index contributed by atoms with van der Waals surface area (Å²) in [5, 5.41) is 7.35. The molecule has 0 unspecified atom stereocenters. The van der Waals surface area contributed by atoms with Gasteiger partial charge in [-0.05, 0) is 102 Å². The molecule has 358 valence electrons. The maximum Gasteiger partial charge on any atom is 0.407 e. The predicted molar refractivity (Wildman–Crippen MR) is 263 cm³/mol. The van der Waals surface area contributed by atoms with Crippen molar-refractivity contribution in [2.75, 3.05) is 41.0 Å². The number of allylic oxidation sites excluding steroid dienone is 3. The number of carbonyl (C=O) groups excluding carboxylic acids is 4. The number of hydrogen-bond acceptors (Lipinski definition) is 10. The van der Waals surface area contributed by atoms with Crippen molar-refractivity contribution in [2.45, 2.75) is 70.8 Å². The Labute approximate surface area is 400 Å². The Morgan fingerprint density at radius 2 is 1.59 bits per heavy atom. The van der Waals surface area contributed by atoms with Gasteiger partial charge in [0, 0.05) is 37.1 Å². The molecule has 16 nitrogen and oxygen atoms in total. The van der Waals surface area contributed by atoms with Crippen LogP contribution in [0.1, 0.15) is 69.3 Å². The van der Waals surface area contributed by atoms with Crippen molar-refractivity contribution in [3.05, 3.63) is 114 Å². The van der Waals surface area contributed by atoms with E-state index in [1.807, 2.05) is 50.0 Å². The minimum absolute atomic E-state index is 0.0382. The zero-order valence-corrected chi connectivity index (χ0v) is 39.8. The zero-order chi connectivity index (χ0) is 48.5. The number of carbonyl (C=O) groups is 4. The van der Waals surface area contributed by atoms with Gasteiger partial charge in [-0.2, -0.15) is 0 Å². The molecule has 3 aliphatic rings. The number of methoxy groups -OCH3 is 3. The quantitative estimate of drug-likeness (QED) is 0.0814. The highest BCUT2D eigenvalue weighted by Crippen LogP contribution is 2.44. The van der Waals surface area contributed by atoms with Crippen LogP contribution in [0, 0.1) is 11.8 Å². The second kappa shape index (κ2) is 19.6. The van der Waals surface area contributed by atoms with Crippen LogP contribution in [0.4, 0.5) is 9.59 Å². The van der Waals surface area contributed by atoms with E-state index in [1.165, 1.54) is 14.2 Å². The van der Waals surface area contributed by atoms with Gasteiger partial charge in [0.1, 0.15) is 36.1 Å². The van der Waals surface area contributed by atoms with Crippen molar-refractivity contribution in [1.82, 2.24) is 40.4 Å². The molecular formula is C53H58N8O8. The molecular weight excluding hydrogens is 877 g/mol.